The van der Waals surface area contributed by atoms with Crippen LogP contribution in [0.4, 0.5) is 5.69 Å². The lowest BCUT2D eigenvalue weighted by Crippen LogP contribution is -2.39. The Morgan fingerprint density at radius 1 is 1.08 bits per heavy atom. The molecule has 132 valence electrons. The standard InChI is InChI=1S/C19H28N2O3/c1-4-21(5-2)18(22)16-12-15(13-17(16)19(23)24-6-3)20-14-10-8-7-9-11-14/h7-11,15-17,20H,4-6,12-13H2,1-3H3/t15?,16?,17-/m0/s1. The second-order valence-electron chi connectivity index (χ2n) is 6.15. The number of nitrogens with one attached hydrogen (secondary N) is 1. The van der Waals surface area contributed by atoms with Gasteiger partial charge >= 0.3 is 5.97 Å². The highest BCUT2D eigenvalue weighted by Gasteiger charge is 2.44. The van der Waals surface area contributed by atoms with Crippen molar-refractivity contribution in [2.45, 2.75) is 39.7 Å². The summed E-state index contributed by atoms with van der Waals surface area (Å²) < 4.78 is 5.21. The van der Waals surface area contributed by atoms with Crippen LogP contribution < -0.4 is 5.32 Å². The van der Waals surface area contributed by atoms with Crippen LogP contribution in [0, 0.1) is 11.8 Å². The minimum absolute atomic E-state index is 0.0652. The number of ether oxygens (including phenoxy) is 1. The molecule has 24 heavy (non-hydrogen) atoms. The highest BCUT2D eigenvalue weighted by atomic mass is 16.5. The van der Waals surface area contributed by atoms with Crippen LogP contribution in [0.25, 0.3) is 0 Å². The van der Waals surface area contributed by atoms with Crippen molar-refractivity contribution >= 4 is 17.6 Å². The van der Waals surface area contributed by atoms with Crippen LogP contribution >= 0.6 is 0 Å². The zero-order chi connectivity index (χ0) is 17.5. The fourth-order valence-electron chi connectivity index (χ4n) is 3.48. The quantitative estimate of drug-likeness (QED) is 0.780. The Morgan fingerprint density at radius 3 is 2.29 bits per heavy atom. The summed E-state index contributed by atoms with van der Waals surface area (Å²) >= 11 is 0. The van der Waals surface area contributed by atoms with Gasteiger partial charge in [-0.3, -0.25) is 9.59 Å². The largest absolute Gasteiger partial charge is 0.466 e. The van der Waals surface area contributed by atoms with Gasteiger partial charge in [-0.2, -0.15) is 0 Å². The van der Waals surface area contributed by atoms with Gasteiger partial charge in [-0.25, -0.2) is 0 Å². The number of amides is 1. The molecule has 0 bridgehead atoms. The summed E-state index contributed by atoms with van der Waals surface area (Å²) in [6.45, 7) is 7.41. The van der Waals surface area contributed by atoms with Crippen LogP contribution in [0.2, 0.25) is 0 Å². The minimum Gasteiger partial charge on any atom is -0.466 e. The zero-order valence-electron chi connectivity index (χ0n) is 14.8. The number of esters is 1. The highest BCUT2D eigenvalue weighted by molar-refractivity contribution is 5.86. The Kier molecular flexibility index (Phi) is 6.64. The molecule has 0 saturated heterocycles. The van der Waals surface area contributed by atoms with Gasteiger partial charge in [0, 0.05) is 24.8 Å². The number of benzene rings is 1. The van der Waals surface area contributed by atoms with Crippen LogP contribution in [0.3, 0.4) is 0 Å². The highest BCUT2D eigenvalue weighted by Crippen LogP contribution is 2.36. The summed E-state index contributed by atoms with van der Waals surface area (Å²) in [6.07, 6.45) is 1.29. The fourth-order valence-corrected chi connectivity index (χ4v) is 3.48. The first-order valence-electron chi connectivity index (χ1n) is 8.87. The van der Waals surface area contributed by atoms with Gasteiger partial charge in [0.15, 0.2) is 0 Å². The van der Waals surface area contributed by atoms with Crippen LogP contribution in [-0.2, 0) is 14.3 Å². The summed E-state index contributed by atoms with van der Waals surface area (Å²) in [5.74, 6) is -0.847. The number of nitrogens with zero attached hydrogens (tertiary/aromatic N) is 1. The van der Waals surface area contributed by atoms with Crippen LogP contribution in [0.1, 0.15) is 33.6 Å². The molecular formula is C19H28N2O3. The van der Waals surface area contributed by atoms with Crippen molar-refractivity contribution in [1.82, 2.24) is 4.90 Å². The van der Waals surface area contributed by atoms with E-state index >= 15 is 0 Å². The van der Waals surface area contributed by atoms with Gasteiger partial charge in [0.05, 0.1) is 18.4 Å². The van der Waals surface area contributed by atoms with Crippen molar-refractivity contribution in [3.63, 3.8) is 0 Å². The predicted octanol–water partition coefficient (Wildman–Crippen LogP) is 2.92. The van der Waals surface area contributed by atoms with Gasteiger partial charge < -0.3 is 15.0 Å². The molecule has 0 aromatic heterocycles. The Bertz CT molecular complexity index is 543. The monoisotopic (exact) mass is 332 g/mol. The molecular weight excluding hydrogens is 304 g/mol. The molecule has 0 heterocycles. The Labute approximate surface area is 144 Å². The Morgan fingerprint density at radius 2 is 1.71 bits per heavy atom. The molecule has 3 atom stereocenters. The molecule has 1 amide bonds. The van der Waals surface area contributed by atoms with E-state index in [-0.39, 0.29) is 29.8 Å². The van der Waals surface area contributed by atoms with E-state index < -0.39 is 0 Å². The summed E-state index contributed by atoms with van der Waals surface area (Å²) in [6, 6.07) is 10.0. The summed E-state index contributed by atoms with van der Waals surface area (Å²) in [5, 5.41) is 3.45. The first kappa shape index (κ1) is 18.3. The zero-order valence-corrected chi connectivity index (χ0v) is 14.8. The van der Waals surface area contributed by atoms with E-state index in [4.69, 9.17) is 4.74 Å². The van der Waals surface area contributed by atoms with E-state index in [1.165, 1.54) is 0 Å². The number of rotatable bonds is 7. The van der Waals surface area contributed by atoms with Gasteiger partial charge in [-0.05, 0) is 45.7 Å². The third-order valence-electron chi connectivity index (χ3n) is 4.69. The Hall–Kier alpha value is -2.04. The van der Waals surface area contributed by atoms with Crippen molar-refractivity contribution < 1.29 is 14.3 Å². The molecule has 1 aromatic rings. The summed E-state index contributed by atoms with van der Waals surface area (Å²) in [4.78, 5) is 27.0. The molecule has 0 spiro atoms. The predicted molar refractivity (Wildman–Crippen MR) is 94.6 cm³/mol. The van der Waals surface area contributed by atoms with E-state index in [2.05, 4.69) is 5.32 Å². The second kappa shape index (κ2) is 8.71. The molecule has 1 saturated carbocycles. The van der Waals surface area contributed by atoms with Gasteiger partial charge in [0.25, 0.3) is 0 Å². The van der Waals surface area contributed by atoms with Crippen molar-refractivity contribution in [3.8, 4) is 0 Å². The molecule has 5 nitrogen and oxygen atoms in total. The SMILES string of the molecule is CCOC(=O)[C@H]1CC(Nc2ccccc2)CC1C(=O)N(CC)CC. The lowest BCUT2D eigenvalue weighted by atomic mass is 9.94. The number of anilines is 1. The molecule has 1 aliphatic carbocycles. The average Bonchev–Trinajstić information content (AvgIpc) is 3.01. The van der Waals surface area contributed by atoms with Crippen molar-refractivity contribution in [2.24, 2.45) is 11.8 Å². The fraction of sp³-hybridized carbons (Fsp3) is 0.579. The van der Waals surface area contributed by atoms with E-state index in [1.807, 2.05) is 49.1 Å². The maximum atomic E-state index is 12.8. The third-order valence-corrected chi connectivity index (χ3v) is 4.69. The van der Waals surface area contributed by atoms with E-state index in [9.17, 15) is 9.59 Å². The number of hydrogen-bond donors (Lipinski definition) is 1. The van der Waals surface area contributed by atoms with E-state index in [1.54, 1.807) is 6.92 Å². The molecule has 0 radical (unpaired) electrons. The van der Waals surface area contributed by atoms with Crippen LogP contribution in [-0.4, -0.2) is 42.5 Å². The van der Waals surface area contributed by atoms with Gasteiger partial charge in [0.2, 0.25) is 5.91 Å². The molecule has 0 aliphatic heterocycles. The maximum absolute atomic E-state index is 12.8. The topological polar surface area (TPSA) is 58.6 Å². The lowest BCUT2D eigenvalue weighted by Gasteiger charge is -2.25. The van der Waals surface area contributed by atoms with Gasteiger partial charge in [-0.15, -0.1) is 0 Å². The van der Waals surface area contributed by atoms with Gasteiger partial charge in [0.1, 0.15) is 0 Å². The Balaban J connectivity index is 2.13. The molecule has 2 unspecified atom stereocenters. The molecule has 1 aliphatic rings. The number of hydrogen-bond acceptors (Lipinski definition) is 4. The van der Waals surface area contributed by atoms with Crippen LogP contribution in [0.5, 0.6) is 0 Å². The van der Waals surface area contributed by atoms with Crippen molar-refractivity contribution in [1.29, 1.82) is 0 Å². The molecule has 1 aromatic carbocycles. The minimum atomic E-state index is -0.362. The van der Waals surface area contributed by atoms with E-state index in [0.29, 0.717) is 32.5 Å². The van der Waals surface area contributed by atoms with Crippen molar-refractivity contribution in [2.75, 3.05) is 25.0 Å². The normalized spacial score (nSPS) is 22.9. The van der Waals surface area contributed by atoms with E-state index in [0.717, 1.165) is 5.69 Å². The first-order chi connectivity index (χ1) is 11.6. The molecule has 1 N–H and O–H groups in total. The second-order valence-corrected chi connectivity index (χ2v) is 6.15. The molecule has 2 rings (SSSR count). The van der Waals surface area contributed by atoms with Gasteiger partial charge in [-0.1, -0.05) is 18.2 Å². The maximum Gasteiger partial charge on any atom is 0.309 e. The number of carbonyl (C=O) groups excluding carboxylic acids is 2. The number of carbonyl (C=O) groups is 2. The number of para-hydroxylation sites is 1. The average molecular weight is 332 g/mol. The molecule has 1 fully saturated rings. The smallest absolute Gasteiger partial charge is 0.309 e. The van der Waals surface area contributed by atoms with Crippen molar-refractivity contribution in [3.05, 3.63) is 30.3 Å². The summed E-state index contributed by atoms with van der Waals surface area (Å²) in [7, 11) is 0. The summed E-state index contributed by atoms with van der Waals surface area (Å²) in [5.41, 5.74) is 1.01. The molecule has 5 heteroatoms. The third kappa shape index (κ3) is 4.28. The lowest BCUT2D eigenvalue weighted by molar-refractivity contribution is -0.153. The van der Waals surface area contributed by atoms with Crippen LogP contribution in [0.15, 0.2) is 30.3 Å². The first-order valence-corrected chi connectivity index (χ1v) is 8.87.